The number of sulfonamides is 1. The van der Waals surface area contributed by atoms with Crippen molar-refractivity contribution < 1.29 is 13.2 Å². The maximum absolute atomic E-state index is 12.9. The molecule has 0 saturated carbocycles. The number of rotatable bonds is 6. The molecule has 2 fully saturated rings. The zero-order chi connectivity index (χ0) is 22.6. The van der Waals surface area contributed by atoms with Gasteiger partial charge in [-0.1, -0.05) is 37.3 Å². The zero-order valence-corrected chi connectivity index (χ0v) is 19.6. The van der Waals surface area contributed by atoms with Gasteiger partial charge in [-0.2, -0.15) is 4.31 Å². The molecule has 6 nitrogen and oxygen atoms in total. The molecule has 0 bridgehead atoms. The molecule has 2 aliphatic heterocycles. The Morgan fingerprint density at radius 3 is 2.41 bits per heavy atom. The average Bonchev–Trinajstić information content (AvgIpc) is 2.83. The van der Waals surface area contributed by atoms with Gasteiger partial charge >= 0.3 is 0 Å². The van der Waals surface area contributed by atoms with E-state index in [4.69, 9.17) is 0 Å². The van der Waals surface area contributed by atoms with E-state index >= 15 is 0 Å². The summed E-state index contributed by atoms with van der Waals surface area (Å²) < 4.78 is 27.3. The zero-order valence-electron chi connectivity index (χ0n) is 18.7. The lowest BCUT2D eigenvalue weighted by molar-refractivity contribution is -0.126. The molecular formula is C25H33N3O3S. The Kier molecular flexibility index (Phi) is 7.16. The molecule has 0 spiro atoms. The van der Waals surface area contributed by atoms with E-state index in [9.17, 15) is 13.2 Å². The van der Waals surface area contributed by atoms with Gasteiger partial charge in [-0.05, 0) is 61.4 Å². The van der Waals surface area contributed by atoms with Crippen LogP contribution in [-0.4, -0.2) is 44.8 Å². The molecule has 0 unspecified atom stereocenters. The third-order valence-electron chi connectivity index (χ3n) is 6.56. The van der Waals surface area contributed by atoms with Crippen LogP contribution in [0.5, 0.6) is 0 Å². The molecule has 0 aromatic heterocycles. The Morgan fingerprint density at radius 1 is 0.969 bits per heavy atom. The summed E-state index contributed by atoms with van der Waals surface area (Å²) in [5.41, 5.74) is 2.29. The smallest absolute Gasteiger partial charge is 0.243 e. The number of amides is 1. The summed E-state index contributed by atoms with van der Waals surface area (Å²) in [4.78, 5) is 15.5. The van der Waals surface area contributed by atoms with Crippen LogP contribution < -0.4 is 10.2 Å². The maximum Gasteiger partial charge on any atom is 0.243 e. The van der Waals surface area contributed by atoms with Crippen LogP contribution in [0.1, 0.15) is 38.2 Å². The minimum atomic E-state index is -3.57. The summed E-state index contributed by atoms with van der Waals surface area (Å²) in [5.74, 6) is 0.326. The van der Waals surface area contributed by atoms with Gasteiger partial charge in [0.25, 0.3) is 0 Å². The topological polar surface area (TPSA) is 69.7 Å². The van der Waals surface area contributed by atoms with Crippen molar-refractivity contribution in [3.8, 4) is 0 Å². The van der Waals surface area contributed by atoms with Crippen molar-refractivity contribution in [2.75, 3.05) is 31.1 Å². The first-order valence-corrected chi connectivity index (χ1v) is 13.0. The molecule has 7 heteroatoms. The summed E-state index contributed by atoms with van der Waals surface area (Å²) in [6.07, 6.45) is 3.93. The second-order valence-electron chi connectivity index (χ2n) is 9.09. The summed E-state index contributed by atoms with van der Waals surface area (Å²) in [6.45, 7) is 5.64. The minimum Gasteiger partial charge on any atom is -0.371 e. The van der Waals surface area contributed by atoms with E-state index in [1.807, 2.05) is 0 Å². The first kappa shape index (κ1) is 22.8. The summed E-state index contributed by atoms with van der Waals surface area (Å²) in [6, 6.07) is 16.9. The third-order valence-corrected chi connectivity index (χ3v) is 8.44. The normalized spacial score (nSPS) is 22.5. The Balaban J connectivity index is 1.32. The van der Waals surface area contributed by atoms with Crippen molar-refractivity contribution >= 4 is 21.6 Å². The van der Waals surface area contributed by atoms with Crippen molar-refractivity contribution in [3.05, 3.63) is 60.2 Å². The lowest BCUT2D eigenvalue weighted by Crippen LogP contribution is -2.45. The van der Waals surface area contributed by atoms with Crippen LogP contribution in [0, 0.1) is 11.8 Å². The number of hydrogen-bond acceptors (Lipinski definition) is 4. The maximum atomic E-state index is 12.9. The largest absolute Gasteiger partial charge is 0.371 e. The van der Waals surface area contributed by atoms with Crippen molar-refractivity contribution in [2.45, 2.75) is 44.0 Å². The summed E-state index contributed by atoms with van der Waals surface area (Å²) in [7, 11) is -3.57. The fourth-order valence-electron chi connectivity index (χ4n) is 4.70. The lowest BCUT2D eigenvalue weighted by atomic mass is 9.98. The number of hydrogen-bond donors (Lipinski definition) is 1. The molecule has 0 radical (unpaired) electrons. The molecule has 2 heterocycles. The number of nitrogens with one attached hydrogen (secondary N) is 1. The van der Waals surface area contributed by atoms with Crippen molar-refractivity contribution in [2.24, 2.45) is 11.8 Å². The van der Waals surface area contributed by atoms with Crippen molar-refractivity contribution in [1.82, 2.24) is 9.62 Å². The molecule has 2 aromatic rings. The molecule has 4 rings (SSSR count). The second-order valence-corrected chi connectivity index (χ2v) is 11.0. The number of benzene rings is 2. The highest BCUT2D eigenvalue weighted by Gasteiger charge is 2.33. The molecule has 172 valence electrons. The van der Waals surface area contributed by atoms with E-state index in [0.717, 1.165) is 24.6 Å². The number of anilines is 1. The highest BCUT2D eigenvalue weighted by atomic mass is 32.2. The van der Waals surface area contributed by atoms with Crippen molar-refractivity contribution in [3.63, 3.8) is 0 Å². The van der Waals surface area contributed by atoms with Crippen LogP contribution in [-0.2, 0) is 21.4 Å². The SMILES string of the molecule is C[C@@H]1CCCN(c2ccc(CNC(=O)[C@H]3CCCN(S(=O)(=O)c4ccccc4)C3)cc2)C1. The van der Waals surface area contributed by atoms with Crippen molar-refractivity contribution in [1.29, 1.82) is 0 Å². The van der Waals surface area contributed by atoms with E-state index in [-0.39, 0.29) is 23.3 Å². The minimum absolute atomic E-state index is 0.0770. The van der Waals surface area contributed by atoms with Crippen LogP contribution in [0.3, 0.4) is 0 Å². The standard InChI is InChI=1S/C25H33N3O3S/c1-20-7-5-15-27(18-20)23-13-11-21(12-14-23)17-26-25(29)22-8-6-16-28(19-22)32(30,31)24-9-3-2-4-10-24/h2-4,9-14,20,22H,5-8,15-19H2,1H3,(H,26,29)/t20-,22+/m1/s1. The van der Waals surface area contributed by atoms with Crippen LogP contribution in [0.4, 0.5) is 5.69 Å². The monoisotopic (exact) mass is 455 g/mol. The Morgan fingerprint density at radius 2 is 1.69 bits per heavy atom. The fourth-order valence-corrected chi connectivity index (χ4v) is 6.24. The first-order valence-electron chi connectivity index (χ1n) is 11.6. The Labute approximate surface area is 191 Å². The quantitative estimate of drug-likeness (QED) is 0.722. The van der Waals surface area contributed by atoms with E-state index in [1.54, 1.807) is 30.3 Å². The van der Waals surface area contributed by atoms with Gasteiger partial charge in [-0.15, -0.1) is 0 Å². The number of nitrogens with zero attached hydrogens (tertiary/aromatic N) is 2. The predicted octanol–water partition coefficient (Wildman–Crippen LogP) is 3.64. The molecule has 1 N–H and O–H groups in total. The molecule has 32 heavy (non-hydrogen) atoms. The van der Waals surface area contributed by atoms with Gasteiger partial charge in [-0.3, -0.25) is 4.79 Å². The highest BCUT2D eigenvalue weighted by molar-refractivity contribution is 7.89. The van der Waals surface area contributed by atoms with E-state index < -0.39 is 10.0 Å². The van der Waals surface area contributed by atoms with Gasteiger partial charge in [0.1, 0.15) is 0 Å². The van der Waals surface area contributed by atoms with Gasteiger partial charge in [0.15, 0.2) is 0 Å². The van der Waals surface area contributed by atoms with E-state index in [0.29, 0.717) is 25.9 Å². The Hall–Kier alpha value is -2.38. The number of carbonyl (C=O) groups excluding carboxylic acids is 1. The van der Waals surface area contributed by atoms with Crippen LogP contribution in [0.25, 0.3) is 0 Å². The third kappa shape index (κ3) is 5.33. The molecule has 0 aliphatic carbocycles. The molecule has 2 atom stereocenters. The summed E-state index contributed by atoms with van der Waals surface area (Å²) >= 11 is 0. The van der Waals surface area contributed by atoms with Gasteiger partial charge in [0.2, 0.25) is 15.9 Å². The first-order chi connectivity index (χ1) is 15.4. The lowest BCUT2D eigenvalue weighted by Gasteiger charge is -2.33. The Bertz CT molecular complexity index is 1010. The van der Waals surface area contributed by atoms with Gasteiger partial charge < -0.3 is 10.2 Å². The van der Waals surface area contributed by atoms with Gasteiger partial charge in [-0.25, -0.2) is 8.42 Å². The van der Waals surface area contributed by atoms with E-state index in [1.165, 1.54) is 22.8 Å². The molecule has 2 aliphatic rings. The molecule has 2 saturated heterocycles. The molecule has 2 aromatic carbocycles. The molecular weight excluding hydrogens is 422 g/mol. The van der Waals surface area contributed by atoms with Gasteiger partial charge in [0, 0.05) is 38.4 Å². The number of piperidine rings is 2. The fraction of sp³-hybridized carbons (Fsp3) is 0.480. The number of carbonyl (C=O) groups is 1. The second kappa shape index (κ2) is 10.0. The average molecular weight is 456 g/mol. The van der Waals surface area contributed by atoms with Crippen LogP contribution in [0.15, 0.2) is 59.5 Å². The van der Waals surface area contributed by atoms with Gasteiger partial charge in [0.05, 0.1) is 10.8 Å². The predicted molar refractivity (Wildman–Crippen MR) is 127 cm³/mol. The van der Waals surface area contributed by atoms with E-state index in [2.05, 4.69) is 41.4 Å². The molecule has 1 amide bonds. The van der Waals surface area contributed by atoms with Crippen LogP contribution in [0.2, 0.25) is 0 Å². The highest BCUT2D eigenvalue weighted by Crippen LogP contribution is 2.25. The van der Waals surface area contributed by atoms with Crippen LogP contribution >= 0.6 is 0 Å². The summed E-state index contributed by atoms with van der Waals surface area (Å²) in [5, 5.41) is 3.01.